The maximum absolute atomic E-state index is 12.2. The summed E-state index contributed by atoms with van der Waals surface area (Å²) in [7, 11) is 3.88. The van der Waals surface area contributed by atoms with Crippen molar-refractivity contribution in [1.82, 2.24) is 9.88 Å². The third kappa shape index (κ3) is 7.43. The van der Waals surface area contributed by atoms with Crippen molar-refractivity contribution in [2.75, 3.05) is 31.7 Å². The van der Waals surface area contributed by atoms with Gasteiger partial charge in [-0.2, -0.15) is 0 Å². The van der Waals surface area contributed by atoms with E-state index in [1.54, 1.807) is 30.5 Å². The highest BCUT2D eigenvalue weighted by molar-refractivity contribution is 5.99. The Morgan fingerprint density at radius 3 is 2.51 bits per heavy atom. The molecule has 1 amide bonds. The lowest BCUT2D eigenvalue weighted by Gasteiger charge is -2.14. The van der Waals surface area contributed by atoms with Crippen LogP contribution < -0.4 is 20.5 Å². The topological polar surface area (TPSA) is 89.7 Å². The van der Waals surface area contributed by atoms with E-state index >= 15 is 0 Å². The minimum atomic E-state index is -0.206. The highest BCUT2D eigenvalue weighted by Gasteiger charge is 2.13. The molecule has 188 valence electrons. The number of aromatic nitrogens is 1. The van der Waals surface area contributed by atoms with E-state index in [2.05, 4.69) is 10.3 Å². The van der Waals surface area contributed by atoms with Crippen molar-refractivity contribution in [3.05, 3.63) is 109 Å². The van der Waals surface area contributed by atoms with Gasteiger partial charge in [-0.15, -0.1) is 0 Å². The fourth-order valence-electron chi connectivity index (χ4n) is 3.61. The predicted octanol–water partition coefficient (Wildman–Crippen LogP) is 5.76. The van der Waals surface area contributed by atoms with Gasteiger partial charge >= 0.3 is 0 Å². The molecule has 0 spiro atoms. The number of carbonyl (C=O) groups excluding carboxylic acids is 1. The summed E-state index contributed by atoms with van der Waals surface area (Å²) in [5.74, 6) is 2.01. The number of benzene rings is 3. The molecule has 7 heteroatoms. The Morgan fingerprint density at radius 1 is 0.973 bits per heavy atom. The summed E-state index contributed by atoms with van der Waals surface area (Å²) in [4.78, 5) is 18.4. The average Bonchev–Trinajstić information content (AvgIpc) is 2.89. The quantitative estimate of drug-likeness (QED) is 0.273. The second-order valence-electron chi connectivity index (χ2n) is 8.65. The zero-order chi connectivity index (χ0) is 26.0. The molecule has 1 heterocycles. The number of amides is 1. The van der Waals surface area contributed by atoms with E-state index in [4.69, 9.17) is 15.2 Å². The molecule has 37 heavy (non-hydrogen) atoms. The van der Waals surface area contributed by atoms with Crippen LogP contribution in [0.1, 0.15) is 5.56 Å². The molecule has 3 aromatic carbocycles. The molecule has 3 N–H and O–H groups in total. The van der Waals surface area contributed by atoms with Crippen LogP contribution in [-0.4, -0.2) is 36.4 Å². The van der Waals surface area contributed by atoms with Gasteiger partial charge in [0.2, 0.25) is 5.91 Å². The summed E-state index contributed by atoms with van der Waals surface area (Å²) < 4.78 is 12.1. The van der Waals surface area contributed by atoms with Crippen LogP contribution in [0.5, 0.6) is 17.2 Å². The Kier molecular flexibility index (Phi) is 8.52. The number of nitrogens with zero attached hydrogens (tertiary/aromatic N) is 2. The van der Waals surface area contributed by atoms with Crippen LogP contribution in [0.4, 0.5) is 11.5 Å². The molecule has 0 bridgehead atoms. The van der Waals surface area contributed by atoms with E-state index in [0.717, 1.165) is 16.9 Å². The lowest BCUT2D eigenvalue weighted by Crippen LogP contribution is -2.12. The van der Waals surface area contributed by atoms with Crippen molar-refractivity contribution in [1.29, 1.82) is 0 Å². The lowest BCUT2D eigenvalue weighted by molar-refractivity contribution is -0.111. The molecule has 7 nitrogen and oxygen atoms in total. The number of pyridine rings is 1. The van der Waals surface area contributed by atoms with E-state index in [1.807, 2.05) is 85.7 Å². The fourth-order valence-corrected chi connectivity index (χ4v) is 3.61. The van der Waals surface area contributed by atoms with Gasteiger partial charge in [-0.1, -0.05) is 54.6 Å². The minimum Gasteiger partial charge on any atom is -0.489 e. The number of hydrogen-bond donors (Lipinski definition) is 2. The van der Waals surface area contributed by atoms with E-state index in [9.17, 15) is 4.79 Å². The van der Waals surface area contributed by atoms with Gasteiger partial charge in [0, 0.05) is 30.6 Å². The van der Waals surface area contributed by atoms with Crippen LogP contribution in [0.3, 0.4) is 0 Å². The highest BCUT2D eigenvalue weighted by Crippen LogP contribution is 2.37. The molecule has 0 aliphatic rings. The number of nitrogen functional groups attached to an aromatic ring is 1. The third-order valence-electron chi connectivity index (χ3n) is 5.40. The molecule has 4 rings (SSSR count). The molecular formula is C30H30N4O3. The first kappa shape index (κ1) is 25.5. The number of hydrogen-bond acceptors (Lipinski definition) is 6. The van der Waals surface area contributed by atoms with Gasteiger partial charge in [-0.25, -0.2) is 4.98 Å². The van der Waals surface area contributed by atoms with Gasteiger partial charge in [0.1, 0.15) is 29.7 Å². The number of ether oxygens (including phenoxy) is 2. The summed E-state index contributed by atoms with van der Waals surface area (Å²) >= 11 is 0. The van der Waals surface area contributed by atoms with Crippen LogP contribution in [-0.2, 0) is 11.4 Å². The maximum Gasteiger partial charge on any atom is 0.248 e. The number of anilines is 2. The zero-order valence-corrected chi connectivity index (χ0v) is 20.9. The molecule has 4 aromatic rings. The van der Waals surface area contributed by atoms with E-state index in [-0.39, 0.29) is 5.91 Å². The normalized spacial score (nSPS) is 11.0. The molecule has 0 saturated carbocycles. The molecule has 0 saturated heterocycles. The average molecular weight is 495 g/mol. The van der Waals surface area contributed by atoms with Crippen molar-refractivity contribution in [2.24, 2.45) is 0 Å². The molecule has 0 aliphatic carbocycles. The van der Waals surface area contributed by atoms with Crippen LogP contribution in [0.2, 0.25) is 0 Å². The van der Waals surface area contributed by atoms with Gasteiger partial charge in [-0.3, -0.25) is 4.79 Å². The van der Waals surface area contributed by atoms with Gasteiger partial charge in [-0.05, 0) is 55.6 Å². The Bertz CT molecular complexity index is 1350. The van der Waals surface area contributed by atoms with Crippen molar-refractivity contribution < 1.29 is 14.3 Å². The Morgan fingerprint density at radius 2 is 1.76 bits per heavy atom. The first-order valence-electron chi connectivity index (χ1n) is 11.9. The molecule has 0 fully saturated rings. The molecule has 0 unspecified atom stereocenters. The van der Waals surface area contributed by atoms with Crippen molar-refractivity contribution in [3.63, 3.8) is 0 Å². The first-order chi connectivity index (χ1) is 18.0. The van der Waals surface area contributed by atoms with Crippen LogP contribution in [0.25, 0.3) is 11.1 Å². The van der Waals surface area contributed by atoms with Crippen LogP contribution in [0.15, 0.2) is 103 Å². The third-order valence-corrected chi connectivity index (χ3v) is 5.40. The SMILES string of the molecule is CN(C)C/C=C/C(=O)Nc1cccc(Oc2ccnc(N)c2-c2ccc(OCc3ccccc3)cc2)c1. The van der Waals surface area contributed by atoms with Gasteiger partial charge in [0.15, 0.2) is 0 Å². The maximum atomic E-state index is 12.2. The van der Waals surface area contributed by atoms with Gasteiger partial charge in [0.05, 0.1) is 5.56 Å². The standard InChI is InChI=1S/C30H30N4O3/c1-34(2)19-7-12-28(35)33-24-10-6-11-26(20-24)37-27-17-18-32-30(31)29(27)23-13-15-25(16-14-23)36-21-22-8-4-3-5-9-22/h3-18,20H,19,21H2,1-2H3,(H2,31,32)(H,33,35)/b12-7+. The summed E-state index contributed by atoms with van der Waals surface area (Å²) in [5.41, 5.74) is 9.51. The molecule has 0 atom stereocenters. The number of carbonyl (C=O) groups is 1. The van der Waals surface area contributed by atoms with Crippen molar-refractivity contribution in [2.45, 2.75) is 6.61 Å². The Labute approximate surface area is 217 Å². The van der Waals surface area contributed by atoms with E-state index in [1.165, 1.54) is 6.08 Å². The number of nitrogens with one attached hydrogen (secondary N) is 1. The number of rotatable bonds is 10. The summed E-state index contributed by atoms with van der Waals surface area (Å²) in [6.45, 7) is 1.17. The number of nitrogens with two attached hydrogens (primary N) is 1. The van der Waals surface area contributed by atoms with Crippen molar-refractivity contribution in [3.8, 4) is 28.4 Å². The summed E-state index contributed by atoms with van der Waals surface area (Å²) in [5, 5.41) is 2.85. The van der Waals surface area contributed by atoms with Gasteiger partial charge in [0.25, 0.3) is 0 Å². The van der Waals surface area contributed by atoms with Crippen LogP contribution >= 0.6 is 0 Å². The lowest BCUT2D eigenvalue weighted by atomic mass is 10.1. The van der Waals surface area contributed by atoms with Crippen LogP contribution in [0, 0.1) is 0 Å². The smallest absolute Gasteiger partial charge is 0.248 e. The Balaban J connectivity index is 1.47. The molecule has 1 aromatic heterocycles. The summed E-state index contributed by atoms with van der Waals surface area (Å²) in [6.07, 6.45) is 4.93. The highest BCUT2D eigenvalue weighted by atomic mass is 16.5. The number of likely N-dealkylation sites (N-methyl/N-ethyl adjacent to an activating group) is 1. The molecular weight excluding hydrogens is 464 g/mol. The molecule has 0 aliphatic heterocycles. The monoisotopic (exact) mass is 494 g/mol. The van der Waals surface area contributed by atoms with E-state index in [0.29, 0.717) is 41.7 Å². The Hall–Kier alpha value is -4.62. The molecule has 0 radical (unpaired) electrons. The first-order valence-corrected chi connectivity index (χ1v) is 11.9. The second-order valence-corrected chi connectivity index (χ2v) is 8.65. The fraction of sp³-hybridized carbons (Fsp3) is 0.133. The van der Waals surface area contributed by atoms with E-state index < -0.39 is 0 Å². The van der Waals surface area contributed by atoms with Crippen molar-refractivity contribution >= 4 is 17.4 Å². The zero-order valence-electron chi connectivity index (χ0n) is 20.9. The van der Waals surface area contributed by atoms with Gasteiger partial charge < -0.3 is 25.4 Å². The minimum absolute atomic E-state index is 0.206. The predicted molar refractivity (Wildman–Crippen MR) is 148 cm³/mol. The second kappa shape index (κ2) is 12.4. The largest absolute Gasteiger partial charge is 0.489 e. The summed E-state index contributed by atoms with van der Waals surface area (Å²) in [6, 6.07) is 26.6.